The van der Waals surface area contributed by atoms with Crippen LogP contribution in [0.3, 0.4) is 0 Å². The monoisotopic (exact) mass is 440 g/mol. The van der Waals surface area contributed by atoms with E-state index in [1.54, 1.807) is 29.2 Å². The molecule has 1 atom stereocenters. The predicted octanol–water partition coefficient (Wildman–Crippen LogP) is 3.16. The van der Waals surface area contributed by atoms with Gasteiger partial charge in [-0.25, -0.2) is 4.39 Å². The number of hydrogen-bond donors (Lipinski definition) is 0. The van der Waals surface area contributed by atoms with Crippen molar-refractivity contribution in [2.75, 3.05) is 46.0 Å². The fourth-order valence-corrected chi connectivity index (χ4v) is 4.22. The van der Waals surface area contributed by atoms with E-state index in [2.05, 4.69) is 0 Å². The topological polar surface area (TPSA) is 59.1 Å². The SMILES string of the molecule is O=C(Cc1cccc(F)c1)N1CCCC(COc2ccc(C(=O)N3CCOCC3)cc2)C1. The maximum atomic E-state index is 13.4. The molecule has 0 bridgehead atoms. The number of carbonyl (C=O) groups is 2. The molecule has 4 rings (SSSR count). The molecule has 0 N–H and O–H groups in total. The van der Waals surface area contributed by atoms with Gasteiger partial charge in [-0.05, 0) is 54.8 Å². The number of benzene rings is 2. The third kappa shape index (κ3) is 5.85. The first-order chi connectivity index (χ1) is 15.6. The van der Waals surface area contributed by atoms with Crippen molar-refractivity contribution >= 4 is 11.8 Å². The lowest BCUT2D eigenvalue weighted by Gasteiger charge is -2.32. The van der Waals surface area contributed by atoms with Crippen LogP contribution >= 0.6 is 0 Å². The molecule has 1 unspecified atom stereocenters. The van der Waals surface area contributed by atoms with Gasteiger partial charge in [0.15, 0.2) is 0 Å². The Morgan fingerprint density at radius 2 is 1.81 bits per heavy atom. The first kappa shape index (κ1) is 22.3. The maximum absolute atomic E-state index is 13.4. The van der Waals surface area contributed by atoms with Crippen molar-refractivity contribution in [3.63, 3.8) is 0 Å². The summed E-state index contributed by atoms with van der Waals surface area (Å²) in [6.45, 7) is 4.28. The lowest BCUT2D eigenvalue weighted by atomic mass is 9.98. The number of piperidine rings is 1. The van der Waals surface area contributed by atoms with Crippen LogP contribution in [0.5, 0.6) is 5.75 Å². The highest BCUT2D eigenvalue weighted by Crippen LogP contribution is 2.21. The number of hydrogen-bond acceptors (Lipinski definition) is 4. The van der Waals surface area contributed by atoms with Crippen molar-refractivity contribution in [3.05, 3.63) is 65.5 Å². The van der Waals surface area contributed by atoms with Crippen molar-refractivity contribution in [2.45, 2.75) is 19.3 Å². The number of rotatable bonds is 6. The molecule has 32 heavy (non-hydrogen) atoms. The third-order valence-electron chi connectivity index (χ3n) is 6.00. The summed E-state index contributed by atoms with van der Waals surface area (Å²) in [5, 5.41) is 0. The second-order valence-electron chi connectivity index (χ2n) is 8.39. The van der Waals surface area contributed by atoms with Crippen LogP contribution in [0.1, 0.15) is 28.8 Å². The van der Waals surface area contributed by atoms with E-state index in [9.17, 15) is 14.0 Å². The molecule has 2 fully saturated rings. The van der Waals surface area contributed by atoms with Crippen LogP contribution in [-0.2, 0) is 16.0 Å². The van der Waals surface area contributed by atoms with Gasteiger partial charge < -0.3 is 19.3 Å². The summed E-state index contributed by atoms with van der Waals surface area (Å²) in [6, 6.07) is 13.4. The van der Waals surface area contributed by atoms with Crippen LogP contribution in [0.4, 0.5) is 4.39 Å². The molecular formula is C25H29FN2O4. The molecule has 0 aromatic heterocycles. The molecule has 0 spiro atoms. The quantitative estimate of drug-likeness (QED) is 0.693. The number of nitrogens with zero attached hydrogens (tertiary/aromatic N) is 2. The molecule has 2 aliphatic heterocycles. The smallest absolute Gasteiger partial charge is 0.254 e. The molecule has 170 valence electrons. The molecule has 0 radical (unpaired) electrons. The number of amides is 2. The zero-order valence-corrected chi connectivity index (χ0v) is 18.2. The van der Waals surface area contributed by atoms with Gasteiger partial charge in [-0.15, -0.1) is 0 Å². The average molecular weight is 441 g/mol. The largest absolute Gasteiger partial charge is 0.493 e. The van der Waals surface area contributed by atoms with Crippen molar-refractivity contribution in [1.82, 2.24) is 9.80 Å². The van der Waals surface area contributed by atoms with Crippen LogP contribution in [0, 0.1) is 11.7 Å². The Balaban J connectivity index is 1.26. The van der Waals surface area contributed by atoms with E-state index in [4.69, 9.17) is 9.47 Å². The Bertz CT molecular complexity index is 928. The van der Waals surface area contributed by atoms with Crippen molar-refractivity contribution in [2.24, 2.45) is 5.92 Å². The Hall–Kier alpha value is -2.93. The van der Waals surface area contributed by atoms with Gasteiger partial charge in [0.05, 0.1) is 26.2 Å². The first-order valence-electron chi connectivity index (χ1n) is 11.2. The van der Waals surface area contributed by atoms with E-state index in [0.29, 0.717) is 56.3 Å². The zero-order chi connectivity index (χ0) is 22.3. The number of carbonyl (C=O) groups excluding carboxylic acids is 2. The summed E-state index contributed by atoms with van der Waals surface area (Å²) in [6.07, 6.45) is 2.14. The van der Waals surface area contributed by atoms with Gasteiger partial charge in [0.25, 0.3) is 5.91 Å². The molecule has 2 aromatic rings. The molecule has 7 heteroatoms. The van der Waals surface area contributed by atoms with Crippen molar-refractivity contribution < 1.29 is 23.5 Å². The lowest BCUT2D eigenvalue weighted by Crippen LogP contribution is -2.42. The summed E-state index contributed by atoms with van der Waals surface area (Å²) in [5.41, 5.74) is 1.34. The van der Waals surface area contributed by atoms with Crippen LogP contribution in [-0.4, -0.2) is 67.6 Å². The van der Waals surface area contributed by atoms with E-state index in [-0.39, 0.29) is 30.0 Å². The molecular weight excluding hydrogens is 411 g/mol. The fourth-order valence-electron chi connectivity index (χ4n) is 4.22. The minimum absolute atomic E-state index is 0.0135. The van der Waals surface area contributed by atoms with Crippen molar-refractivity contribution in [1.29, 1.82) is 0 Å². The molecule has 6 nitrogen and oxygen atoms in total. The highest BCUT2D eigenvalue weighted by molar-refractivity contribution is 5.94. The number of likely N-dealkylation sites (tertiary alicyclic amines) is 1. The Labute approximate surface area is 187 Å². The van der Waals surface area contributed by atoms with Crippen molar-refractivity contribution in [3.8, 4) is 5.75 Å². The normalized spacial score (nSPS) is 19.0. The Morgan fingerprint density at radius 3 is 2.56 bits per heavy atom. The summed E-state index contributed by atoms with van der Waals surface area (Å²) in [4.78, 5) is 28.8. The molecule has 2 amide bonds. The summed E-state index contributed by atoms with van der Waals surface area (Å²) < 4.78 is 24.6. The second-order valence-corrected chi connectivity index (χ2v) is 8.39. The Kier molecular flexibility index (Phi) is 7.37. The van der Waals surface area contributed by atoms with Gasteiger partial charge in [0, 0.05) is 37.7 Å². The summed E-state index contributed by atoms with van der Waals surface area (Å²) in [7, 11) is 0. The van der Waals surface area contributed by atoms with Crippen LogP contribution in [0.15, 0.2) is 48.5 Å². The van der Waals surface area contributed by atoms with E-state index in [1.807, 2.05) is 17.0 Å². The van der Waals surface area contributed by atoms with Crippen LogP contribution in [0.2, 0.25) is 0 Å². The summed E-state index contributed by atoms with van der Waals surface area (Å²) >= 11 is 0. The highest BCUT2D eigenvalue weighted by Gasteiger charge is 2.24. The van der Waals surface area contributed by atoms with E-state index in [0.717, 1.165) is 19.4 Å². The third-order valence-corrected chi connectivity index (χ3v) is 6.00. The molecule has 2 aromatic carbocycles. The number of ether oxygens (including phenoxy) is 2. The van der Waals surface area contributed by atoms with Gasteiger partial charge in [0.1, 0.15) is 11.6 Å². The Morgan fingerprint density at radius 1 is 1.03 bits per heavy atom. The van der Waals surface area contributed by atoms with E-state index in [1.165, 1.54) is 12.1 Å². The highest BCUT2D eigenvalue weighted by atomic mass is 19.1. The molecule has 2 heterocycles. The number of morpholine rings is 1. The van der Waals surface area contributed by atoms with E-state index < -0.39 is 0 Å². The minimum Gasteiger partial charge on any atom is -0.493 e. The van der Waals surface area contributed by atoms with Crippen LogP contribution in [0.25, 0.3) is 0 Å². The fraction of sp³-hybridized carbons (Fsp3) is 0.440. The summed E-state index contributed by atoms with van der Waals surface area (Å²) in [5.74, 6) is 0.672. The number of halogens is 1. The average Bonchev–Trinajstić information content (AvgIpc) is 2.83. The van der Waals surface area contributed by atoms with Gasteiger partial charge in [0.2, 0.25) is 5.91 Å². The standard InChI is InChI=1S/C25H29FN2O4/c26-22-5-1-3-19(15-22)16-24(29)28-10-2-4-20(17-28)18-32-23-8-6-21(7-9-23)25(30)27-11-13-31-14-12-27/h1,3,5-9,15,20H,2,4,10-14,16-18H2. The zero-order valence-electron chi connectivity index (χ0n) is 18.2. The molecule has 0 aliphatic carbocycles. The maximum Gasteiger partial charge on any atom is 0.254 e. The first-order valence-corrected chi connectivity index (χ1v) is 11.2. The van der Waals surface area contributed by atoms with Gasteiger partial charge >= 0.3 is 0 Å². The van der Waals surface area contributed by atoms with Gasteiger partial charge in [-0.1, -0.05) is 12.1 Å². The molecule has 0 saturated carbocycles. The minimum atomic E-state index is -0.321. The van der Waals surface area contributed by atoms with Crippen LogP contribution < -0.4 is 4.74 Å². The van der Waals surface area contributed by atoms with Gasteiger partial charge in [-0.2, -0.15) is 0 Å². The molecule has 2 aliphatic rings. The second kappa shape index (κ2) is 10.6. The molecule has 2 saturated heterocycles. The van der Waals surface area contributed by atoms with Gasteiger partial charge in [-0.3, -0.25) is 9.59 Å². The lowest BCUT2D eigenvalue weighted by molar-refractivity contribution is -0.132. The van der Waals surface area contributed by atoms with E-state index >= 15 is 0 Å². The predicted molar refractivity (Wildman–Crippen MR) is 118 cm³/mol.